The van der Waals surface area contributed by atoms with Crippen LogP contribution in [0.15, 0.2) is 47.7 Å². The summed E-state index contributed by atoms with van der Waals surface area (Å²) in [6.45, 7) is 3.31. The van der Waals surface area contributed by atoms with Crippen LogP contribution in [0, 0.1) is 6.92 Å². The molecule has 2 aromatic heterocycles. The molecule has 138 valence electrons. The molecule has 0 radical (unpaired) electrons. The number of aryl methyl sites for hydroxylation is 1. The lowest BCUT2D eigenvalue weighted by atomic mass is 10.2. The lowest BCUT2D eigenvalue weighted by Crippen LogP contribution is -2.38. The minimum absolute atomic E-state index is 0. The zero-order valence-corrected chi connectivity index (χ0v) is 17.5. The molecule has 0 amide bonds. The summed E-state index contributed by atoms with van der Waals surface area (Å²) in [6, 6.07) is 10.2. The Labute approximate surface area is 170 Å². The monoisotopic (exact) mass is 465 g/mol. The van der Waals surface area contributed by atoms with E-state index in [1.165, 1.54) is 0 Å². The second-order valence-corrected chi connectivity index (χ2v) is 5.89. The first-order chi connectivity index (χ1) is 12.2. The van der Waals surface area contributed by atoms with Gasteiger partial charge in [0.15, 0.2) is 5.96 Å². The van der Waals surface area contributed by atoms with Gasteiger partial charge in [0, 0.05) is 31.9 Å². The minimum Gasteiger partial charge on any atom is -0.352 e. The first-order valence-corrected chi connectivity index (χ1v) is 8.17. The van der Waals surface area contributed by atoms with Crippen LogP contribution in [0.1, 0.15) is 17.1 Å². The van der Waals surface area contributed by atoms with Gasteiger partial charge in [0.25, 0.3) is 0 Å². The van der Waals surface area contributed by atoms with E-state index in [2.05, 4.69) is 42.6 Å². The van der Waals surface area contributed by atoms with Gasteiger partial charge in [-0.05, 0) is 12.5 Å². The normalized spacial score (nSPS) is 11.1. The maximum atomic E-state index is 4.48. The Kier molecular flexibility index (Phi) is 7.19. The van der Waals surface area contributed by atoms with Crippen molar-refractivity contribution in [1.29, 1.82) is 0 Å². The molecule has 3 N–H and O–H groups in total. The molecule has 0 unspecified atom stereocenters. The third-order valence-electron chi connectivity index (χ3n) is 4.04. The van der Waals surface area contributed by atoms with Gasteiger partial charge in [0.2, 0.25) is 0 Å². The van der Waals surface area contributed by atoms with Crippen LogP contribution in [0.4, 0.5) is 0 Å². The number of aromatic nitrogens is 4. The number of H-pyrrole nitrogens is 2. The number of hydrogen-bond acceptors (Lipinski definition) is 3. The average molecular weight is 465 g/mol. The SMILES string of the molecule is CN=C(NCc1cn[nH]c1C)N(C)Cc1ncc(-c2ccccc2)[nH]1.I. The molecule has 0 atom stereocenters. The third kappa shape index (κ3) is 4.84. The summed E-state index contributed by atoms with van der Waals surface area (Å²) in [7, 11) is 3.76. The van der Waals surface area contributed by atoms with Gasteiger partial charge in [-0.25, -0.2) is 4.98 Å². The summed E-state index contributed by atoms with van der Waals surface area (Å²) >= 11 is 0. The molecule has 0 spiro atoms. The van der Waals surface area contributed by atoms with Gasteiger partial charge in [-0.3, -0.25) is 10.1 Å². The Morgan fingerprint density at radius 2 is 2.00 bits per heavy atom. The van der Waals surface area contributed by atoms with Gasteiger partial charge < -0.3 is 15.2 Å². The van der Waals surface area contributed by atoms with Crippen LogP contribution in [0.25, 0.3) is 11.3 Å². The highest BCUT2D eigenvalue weighted by Gasteiger charge is 2.10. The van der Waals surface area contributed by atoms with E-state index >= 15 is 0 Å². The minimum atomic E-state index is 0. The van der Waals surface area contributed by atoms with Crippen molar-refractivity contribution in [1.82, 2.24) is 30.4 Å². The maximum Gasteiger partial charge on any atom is 0.194 e. The summed E-state index contributed by atoms with van der Waals surface area (Å²) in [6.07, 6.45) is 3.69. The fourth-order valence-electron chi connectivity index (χ4n) is 2.62. The third-order valence-corrected chi connectivity index (χ3v) is 4.04. The van der Waals surface area contributed by atoms with Crippen molar-refractivity contribution in [3.8, 4) is 11.3 Å². The Bertz CT molecular complexity index is 838. The zero-order chi connectivity index (χ0) is 17.6. The van der Waals surface area contributed by atoms with Gasteiger partial charge in [0.1, 0.15) is 5.82 Å². The molecule has 0 saturated carbocycles. The first-order valence-electron chi connectivity index (χ1n) is 8.17. The number of hydrogen-bond donors (Lipinski definition) is 3. The number of nitrogens with one attached hydrogen (secondary N) is 3. The fourth-order valence-corrected chi connectivity index (χ4v) is 2.62. The number of aliphatic imine (C=N–C) groups is 1. The molecule has 8 heteroatoms. The number of imidazole rings is 1. The van der Waals surface area contributed by atoms with E-state index in [4.69, 9.17) is 0 Å². The number of benzene rings is 1. The quantitative estimate of drug-likeness (QED) is 0.307. The lowest BCUT2D eigenvalue weighted by molar-refractivity contribution is 0.464. The first kappa shape index (κ1) is 20.0. The molecule has 26 heavy (non-hydrogen) atoms. The number of rotatable bonds is 5. The van der Waals surface area contributed by atoms with Crippen LogP contribution in [0.5, 0.6) is 0 Å². The van der Waals surface area contributed by atoms with Crippen LogP contribution >= 0.6 is 24.0 Å². The topological polar surface area (TPSA) is 85.0 Å². The highest BCUT2D eigenvalue weighted by Crippen LogP contribution is 2.16. The number of nitrogens with zero attached hydrogens (tertiary/aromatic N) is 4. The molecule has 0 aliphatic heterocycles. The molecule has 0 aliphatic rings. The second-order valence-electron chi connectivity index (χ2n) is 5.89. The van der Waals surface area contributed by atoms with Gasteiger partial charge in [-0.1, -0.05) is 30.3 Å². The van der Waals surface area contributed by atoms with Crippen molar-refractivity contribution in [3.05, 3.63) is 59.8 Å². The smallest absolute Gasteiger partial charge is 0.194 e. The van der Waals surface area contributed by atoms with Crippen molar-refractivity contribution in [3.63, 3.8) is 0 Å². The van der Waals surface area contributed by atoms with Crippen LogP contribution < -0.4 is 5.32 Å². The predicted molar refractivity (Wildman–Crippen MR) is 114 cm³/mol. The average Bonchev–Trinajstić information content (AvgIpc) is 3.25. The van der Waals surface area contributed by atoms with Crippen LogP contribution in [0.3, 0.4) is 0 Å². The summed E-state index contributed by atoms with van der Waals surface area (Å²) < 4.78 is 0. The molecular weight excluding hydrogens is 441 g/mol. The highest BCUT2D eigenvalue weighted by atomic mass is 127. The van der Waals surface area contributed by atoms with Gasteiger partial charge in [-0.2, -0.15) is 5.10 Å². The van der Waals surface area contributed by atoms with E-state index in [0.717, 1.165) is 34.3 Å². The lowest BCUT2D eigenvalue weighted by Gasteiger charge is -2.21. The molecule has 3 rings (SSSR count). The van der Waals surface area contributed by atoms with Crippen molar-refractivity contribution in [2.24, 2.45) is 4.99 Å². The number of aromatic amines is 2. The van der Waals surface area contributed by atoms with E-state index < -0.39 is 0 Å². The Balaban J connectivity index is 0.00000243. The summed E-state index contributed by atoms with van der Waals surface area (Å²) in [4.78, 5) is 14.2. The van der Waals surface area contributed by atoms with E-state index in [1.54, 1.807) is 7.05 Å². The second kappa shape index (κ2) is 9.37. The van der Waals surface area contributed by atoms with Crippen molar-refractivity contribution < 1.29 is 0 Å². The van der Waals surface area contributed by atoms with Gasteiger partial charge >= 0.3 is 0 Å². The van der Waals surface area contributed by atoms with E-state index in [-0.39, 0.29) is 24.0 Å². The molecule has 0 saturated heterocycles. The standard InChI is InChI=1S/C18H23N7.HI/c1-13-15(10-22-24-13)9-21-18(19-2)25(3)12-17-20-11-16(23-17)14-7-5-4-6-8-14;/h4-8,10-11H,9,12H2,1-3H3,(H,19,21)(H,20,23)(H,22,24);1H. The van der Waals surface area contributed by atoms with Crippen LogP contribution in [-0.2, 0) is 13.1 Å². The predicted octanol–water partition coefficient (Wildman–Crippen LogP) is 2.93. The van der Waals surface area contributed by atoms with Crippen molar-refractivity contribution >= 4 is 29.9 Å². The summed E-state index contributed by atoms with van der Waals surface area (Å²) in [5.41, 5.74) is 4.32. The number of halogens is 1. The highest BCUT2D eigenvalue weighted by molar-refractivity contribution is 14.0. The summed E-state index contributed by atoms with van der Waals surface area (Å²) in [5, 5.41) is 10.3. The van der Waals surface area contributed by atoms with Gasteiger partial charge in [0.05, 0.1) is 24.6 Å². The van der Waals surface area contributed by atoms with Crippen LogP contribution in [-0.4, -0.2) is 45.1 Å². The van der Waals surface area contributed by atoms with E-state index in [0.29, 0.717) is 13.1 Å². The van der Waals surface area contributed by atoms with E-state index in [9.17, 15) is 0 Å². The van der Waals surface area contributed by atoms with Crippen molar-refractivity contribution in [2.45, 2.75) is 20.0 Å². The molecule has 0 bridgehead atoms. The van der Waals surface area contributed by atoms with E-state index in [1.807, 2.05) is 49.5 Å². The van der Waals surface area contributed by atoms with Gasteiger partial charge in [-0.15, -0.1) is 24.0 Å². The zero-order valence-electron chi connectivity index (χ0n) is 15.2. The Morgan fingerprint density at radius 3 is 2.65 bits per heavy atom. The largest absolute Gasteiger partial charge is 0.352 e. The Morgan fingerprint density at radius 1 is 1.23 bits per heavy atom. The van der Waals surface area contributed by atoms with Crippen molar-refractivity contribution in [2.75, 3.05) is 14.1 Å². The Hall–Kier alpha value is -2.36. The fraction of sp³-hybridized carbons (Fsp3) is 0.278. The molecule has 7 nitrogen and oxygen atoms in total. The molecule has 2 heterocycles. The maximum absolute atomic E-state index is 4.48. The molecule has 1 aromatic carbocycles. The molecule has 3 aromatic rings. The molecular formula is C18H24IN7. The number of guanidine groups is 1. The van der Waals surface area contributed by atoms with Crippen LogP contribution in [0.2, 0.25) is 0 Å². The molecule has 0 aliphatic carbocycles. The molecule has 0 fully saturated rings. The summed E-state index contributed by atoms with van der Waals surface area (Å²) in [5.74, 6) is 1.70.